The molecule has 1 unspecified atom stereocenters. The number of rotatable bonds is 6. The predicted molar refractivity (Wildman–Crippen MR) is 138 cm³/mol. The van der Waals surface area contributed by atoms with E-state index in [1.165, 1.54) is 19.1 Å². The molecule has 2 saturated heterocycles. The summed E-state index contributed by atoms with van der Waals surface area (Å²) in [6, 6.07) is 4.95. The number of amides is 1. The molecule has 1 saturated carbocycles. The Morgan fingerprint density at radius 1 is 1.16 bits per heavy atom. The molecular weight excluding hydrogens is 497 g/mol. The first-order valence-electron chi connectivity index (χ1n) is 13.3. The topological polar surface area (TPSA) is 75.6 Å². The van der Waals surface area contributed by atoms with E-state index in [4.69, 9.17) is 4.74 Å². The monoisotopic (exact) mass is 532 g/mol. The summed E-state index contributed by atoms with van der Waals surface area (Å²) in [5, 5.41) is 6.39. The number of pyridine rings is 1. The van der Waals surface area contributed by atoms with Crippen molar-refractivity contribution >= 4 is 11.6 Å². The molecule has 3 fully saturated rings. The summed E-state index contributed by atoms with van der Waals surface area (Å²) in [5.74, 6) is 0.456. The predicted octanol–water partition coefficient (Wildman–Crippen LogP) is 4.38. The minimum Gasteiger partial charge on any atom is -0.381 e. The van der Waals surface area contributed by atoms with Crippen molar-refractivity contribution in [1.82, 2.24) is 14.8 Å². The standard InChI is InChI=1S/C28H35F3N4O3/c1-16-21(5-4-6-23(16)28(29,30)31)17(2)32-27(37)22-15-35(20-7-9-38-10-8-20)25(36)12-24(22)33-26-18-11-19(26)14-34(3)13-18/h4-6,12,15,17-20,26,33H,7-11,13-14H2,1-3H3,(H,32,37)/t17-,18-,19+,26?/m1/s1. The fraction of sp³-hybridized carbons (Fsp3) is 0.571. The summed E-state index contributed by atoms with van der Waals surface area (Å²) in [6.45, 7) is 6.11. The molecule has 2 aliphatic heterocycles. The van der Waals surface area contributed by atoms with E-state index >= 15 is 0 Å². The number of carbonyl (C=O) groups excluding carboxylic acids is 1. The molecule has 5 rings (SSSR count). The van der Waals surface area contributed by atoms with Gasteiger partial charge in [-0.15, -0.1) is 0 Å². The molecule has 0 spiro atoms. The highest BCUT2D eigenvalue weighted by Gasteiger charge is 2.46. The molecule has 2 aromatic rings. The zero-order valence-electron chi connectivity index (χ0n) is 22.0. The van der Waals surface area contributed by atoms with Gasteiger partial charge < -0.3 is 24.8 Å². The lowest BCUT2D eigenvalue weighted by Crippen LogP contribution is -2.60. The van der Waals surface area contributed by atoms with Gasteiger partial charge in [0, 0.05) is 50.7 Å². The van der Waals surface area contributed by atoms with Crippen LogP contribution < -0.4 is 16.2 Å². The maximum absolute atomic E-state index is 13.7. The van der Waals surface area contributed by atoms with Crippen molar-refractivity contribution in [3.05, 3.63) is 63.1 Å². The van der Waals surface area contributed by atoms with Crippen LogP contribution in [-0.4, -0.2) is 54.8 Å². The summed E-state index contributed by atoms with van der Waals surface area (Å²) in [6.07, 6.45) is -0.398. The number of piperidine rings is 2. The number of ether oxygens (including phenoxy) is 1. The summed E-state index contributed by atoms with van der Waals surface area (Å²) >= 11 is 0. The van der Waals surface area contributed by atoms with Crippen LogP contribution in [0, 0.1) is 18.8 Å². The van der Waals surface area contributed by atoms with Gasteiger partial charge in [-0.2, -0.15) is 13.2 Å². The first kappa shape index (κ1) is 26.7. The Bertz CT molecular complexity index is 1240. The van der Waals surface area contributed by atoms with Gasteiger partial charge in [0.1, 0.15) is 0 Å². The molecule has 3 heterocycles. The second-order valence-corrected chi connectivity index (χ2v) is 11.0. The Balaban J connectivity index is 1.44. The third kappa shape index (κ3) is 5.20. The molecule has 3 aliphatic rings. The number of likely N-dealkylation sites (tertiary alicyclic amines) is 1. The van der Waals surface area contributed by atoms with Gasteiger partial charge in [-0.25, -0.2) is 0 Å². The van der Waals surface area contributed by atoms with E-state index in [0.29, 0.717) is 54.7 Å². The fourth-order valence-corrected chi connectivity index (χ4v) is 6.42. The van der Waals surface area contributed by atoms with E-state index in [2.05, 4.69) is 22.6 Å². The van der Waals surface area contributed by atoms with Gasteiger partial charge in [0.05, 0.1) is 22.9 Å². The summed E-state index contributed by atoms with van der Waals surface area (Å²) < 4.78 is 47.5. The maximum Gasteiger partial charge on any atom is 0.416 e. The molecule has 0 radical (unpaired) electrons. The molecule has 1 amide bonds. The van der Waals surface area contributed by atoms with Gasteiger partial charge in [-0.05, 0) is 69.2 Å². The molecule has 10 heteroatoms. The minimum atomic E-state index is -4.48. The molecule has 2 bridgehead atoms. The van der Waals surface area contributed by atoms with Crippen LogP contribution in [0.5, 0.6) is 0 Å². The molecule has 2 N–H and O–H groups in total. The Hall–Kier alpha value is -2.85. The SMILES string of the molecule is Cc1c([C@@H](C)NC(=O)c2cn(C3CCOCC3)c(=O)cc2NC2[C@@H]3C[C@H]2CN(C)C3)cccc1C(F)(F)F. The molecule has 1 aromatic carbocycles. The van der Waals surface area contributed by atoms with E-state index in [1.807, 2.05) is 0 Å². The van der Waals surface area contributed by atoms with Crippen molar-refractivity contribution in [1.29, 1.82) is 0 Å². The summed E-state index contributed by atoms with van der Waals surface area (Å²) in [7, 11) is 2.10. The Kier molecular flexibility index (Phi) is 7.30. The van der Waals surface area contributed by atoms with Gasteiger partial charge >= 0.3 is 6.18 Å². The second-order valence-electron chi connectivity index (χ2n) is 11.0. The molecule has 206 valence electrons. The molecule has 1 aromatic heterocycles. The number of halogens is 3. The first-order chi connectivity index (χ1) is 18.0. The summed E-state index contributed by atoms with van der Waals surface area (Å²) in [4.78, 5) is 29.1. The molecule has 38 heavy (non-hydrogen) atoms. The van der Waals surface area contributed by atoms with Gasteiger partial charge in [-0.1, -0.05) is 12.1 Å². The highest BCUT2D eigenvalue weighted by Crippen LogP contribution is 2.42. The largest absolute Gasteiger partial charge is 0.416 e. The number of anilines is 1. The van der Waals surface area contributed by atoms with Crippen molar-refractivity contribution in [3.8, 4) is 0 Å². The van der Waals surface area contributed by atoms with E-state index in [9.17, 15) is 22.8 Å². The lowest BCUT2D eigenvalue weighted by atomic mass is 9.66. The molecule has 4 atom stereocenters. The number of aromatic nitrogens is 1. The first-order valence-corrected chi connectivity index (χ1v) is 13.3. The van der Waals surface area contributed by atoms with Crippen molar-refractivity contribution < 1.29 is 22.7 Å². The van der Waals surface area contributed by atoms with Crippen molar-refractivity contribution in [2.24, 2.45) is 11.8 Å². The smallest absolute Gasteiger partial charge is 0.381 e. The van der Waals surface area contributed by atoms with Gasteiger partial charge in [0.15, 0.2) is 0 Å². The highest BCUT2D eigenvalue weighted by atomic mass is 19.4. The van der Waals surface area contributed by atoms with Crippen LogP contribution in [0.25, 0.3) is 0 Å². The number of nitrogens with one attached hydrogen (secondary N) is 2. The maximum atomic E-state index is 13.7. The lowest BCUT2D eigenvalue weighted by Gasteiger charge is -2.53. The molecule has 7 nitrogen and oxygen atoms in total. The van der Waals surface area contributed by atoms with Crippen molar-refractivity contribution in [3.63, 3.8) is 0 Å². The normalized spacial score (nSPS) is 24.9. The highest BCUT2D eigenvalue weighted by molar-refractivity contribution is 5.99. The number of hydrogen-bond acceptors (Lipinski definition) is 5. The zero-order valence-corrected chi connectivity index (χ0v) is 22.0. The van der Waals surface area contributed by atoms with Crippen LogP contribution >= 0.6 is 0 Å². The van der Waals surface area contributed by atoms with Gasteiger partial charge in [0.25, 0.3) is 11.5 Å². The quantitative estimate of drug-likeness (QED) is 0.578. The van der Waals surface area contributed by atoms with Gasteiger partial charge in [-0.3, -0.25) is 9.59 Å². The van der Waals surface area contributed by atoms with Crippen molar-refractivity contribution in [2.75, 3.05) is 38.7 Å². The number of carbonyl (C=O) groups is 1. The van der Waals surface area contributed by atoms with E-state index < -0.39 is 23.7 Å². The van der Waals surface area contributed by atoms with E-state index in [0.717, 1.165) is 25.6 Å². The van der Waals surface area contributed by atoms with Crippen LogP contribution in [-0.2, 0) is 10.9 Å². The number of alkyl halides is 3. The minimum absolute atomic E-state index is 0.0725. The average Bonchev–Trinajstić information content (AvgIpc) is 2.87. The number of nitrogens with zero attached hydrogens (tertiary/aromatic N) is 2. The average molecular weight is 533 g/mol. The van der Waals surface area contributed by atoms with Crippen LogP contribution in [0.15, 0.2) is 35.3 Å². The zero-order chi connectivity index (χ0) is 27.2. The lowest BCUT2D eigenvalue weighted by molar-refractivity contribution is -0.138. The van der Waals surface area contributed by atoms with E-state index in [1.54, 1.807) is 23.8 Å². The van der Waals surface area contributed by atoms with Crippen LogP contribution in [0.1, 0.15) is 65.3 Å². The van der Waals surface area contributed by atoms with E-state index in [-0.39, 0.29) is 23.2 Å². The fourth-order valence-electron chi connectivity index (χ4n) is 6.42. The number of hydrogen-bond donors (Lipinski definition) is 2. The molecular formula is C28H35F3N4O3. The van der Waals surface area contributed by atoms with Crippen LogP contribution in [0.2, 0.25) is 0 Å². The Labute approximate surface area is 220 Å². The number of fused-ring (bicyclic) bond motifs is 2. The van der Waals surface area contributed by atoms with Crippen molar-refractivity contribution in [2.45, 2.75) is 57.4 Å². The third-order valence-corrected chi connectivity index (χ3v) is 8.44. The Morgan fingerprint density at radius 3 is 2.50 bits per heavy atom. The third-order valence-electron chi connectivity index (χ3n) is 8.44. The van der Waals surface area contributed by atoms with Crippen LogP contribution in [0.3, 0.4) is 0 Å². The number of benzene rings is 1. The summed E-state index contributed by atoms with van der Waals surface area (Å²) in [5.41, 5.74) is 0.396. The molecule has 1 aliphatic carbocycles. The second kappa shape index (κ2) is 10.4. The Morgan fingerprint density at radius 2 is 1.84 bits per heavy atom. The van der Waals surface area contributed by atoms with Crippen LogP contribution in [0.4, 0.5) is 18.9 Å². The van der Waals surface area contributed by atoms with Gasteiger partial charge in [0.2, 0.25) is 0 Å².